The van der Waals surface area contributed by atoms with Gasteiger partial charge in [0.15, 0.2) is 5.82 Å². The molecule has 1 heterocycles. The molecule has 6 nitrogen and oxygen atoms in total. The molecule has 0 saturated carbocycles. The number of aromatic nitrogens is 2. The van der Waals surface area contributed by atoms with E-state index in [2.05, 4.69) is 15.4 Å². The van der Waals surface area contributed by atoms with Gasteiger partial charge in [0.05, 0.1) is 18.1 Å². The number of rotatable bonds is 3. The number of nitrogens with zero attached hydrogens (tertiary/aromatic N) is 3. The number of para-hydroxylation sites is 1. The first kappa shape index (κ1) is 12.9. The SMILES string of the molecule is CN(C(=O)c1cnc(NN)cn1)c1ccccc1F. The summed E-state index contributed by atoms with van der Waals surface area (Å²) in [5, 5.41) is 0. The van der Waals surface area contributed by atoms with Crippen LogP contribution < -0.4 is 16.2 Å². The highest BCUT2D eigenvalue weighted by Crippen LogP contribution is 2.18. The fourth-order valence-corrected chi connectivity index (χ4v) is 1.52. The number of hydrazine groups is 1. The second-order valence-corrected chi connectivity index (χ2v) is 3.75. The molecule has 0 spiro atoms. The van der Waals surface area contributed by atoms with E-state index in [0.717, 1.165) is 0 Å². The van der Waals surface area contributed by atoms with Crippen LogP contribution in [-0.4, -0.2) is 22.9 Å². The Hall–Kier alpha value is -2.54. The number of halogens is 1. The molecule has 0 aliphatic heterocycles. The van der Waals surface area contributed by atoms with Crippen molar-refractivity contribution in [2.75, 3.05) is 17.4 Å². The van der Waals surface area contributed by atoms with Crippen molar-refractivity contribution in [1.29, 1.82) is 0 Å². The fraction of sp³-hybridized carbons (Fsp3) is 0.0833. The summed E-state index contributed by atoms with van der Waals surface area (Å²) in [6, 6.07) is 6.00. The molecule has 0 saturated heterocycles. The maximum atomic E-state index is 13.6. The third kappa shape index (κ3) is 2.66. The van der Waals surface area contributed by atoms with E-state index in [4.69, 9.17) is 5.84 Å². The highest BCUT2D eigenvalue weighted by Gasteiger charge is 2.17. The highest BCUT2D eigenvalue weighted by molar-refractivity contribution is 6.04. The lowest BCUT2D eigenvalue weighted by Crippen LogP contribution is -2.28. The van der Waals surface area contributed by atoms with E-state index >= 15 is 0 Å². The van der Waals surface area contributed by atoms with Gasteiger partial charge in [-0.2, -0.15) is 0 Å². The number of hydrogen-bond donors (Lipinski definition) is 2. The van der Waals surface area contributed by atoms with Crippen molar-refractivity contribution in [2.24, 2.45) is 5.84 Å². The summed E-state index contributed by atoms with van der Waals surface area (Å²) >= 11 is 0. The minimum absolute atomic E-state index is 0.102. The third-order valence-corrected chi connectivity index (χ3v) is 2.54. The van der Waals surface area contributed by atoms with Gasteiger partial charge in [0.25, 0.3) is 5.91 Å². The molecule has 0 bridgehead atoms. The minimum atomic E-state index is -0.480. The Morgan fingerprint density at radius 2 is 2.05 bits per heavy atom. The number of nitrogen functional groups attached to an aromatic ring is 1. The average Bonchev–Trinajstić information content (AvgIpc) is 2.46. The van der Waals surface area contributed by atoms with Crippen LogP contribution in [0.25, 0.3) is 0 Å². The zero-order valence-electron chi connectivity index (χ0n) is 10.2. The lowest BCUT2D eigenvalue weighted by Gasteiger charge is -2.17. The second-order valence-electron chi connectivity index (χ2n) is 3.75. The number of benzene rings is 1. The molecule has 0 aliphatic carbocycles. The van der Waals surface area contributed by atoms with Gasteiger partial charge >= 0.3 is 0 Å². The van der Waals surface area contributed by atoms with Gasteiger partial charge in [-0.1, -0.05) is 12.1 Å². The van der Waals surface area contributed by atoms with Gasteiger partial charge in [0.2, 0.25) is 0 Å². The van der Waals surface area contributed by atoms with Crippen LogP contribution in [0.5, 0.6) is 0 Å². The van der Waals surface area contributed by atoms with Crippen molar-refractivity contribution in [1.82, 2.24) is 9.97 Å². The first-order chi connectivity index (χ1) is 9.13. The topological polar surface area (TPSA) is 84.1 Å². The van der Waals surface area contributed by atoms with Crippen LogP contribution in [0.3, 0.4) is 0 Å². The second kappa shape index (κ2) is 5.40. The zero-order valence-corrected chi connectivity index (χ0v) is 10.2. The van der Waals surface area contributed by atoms with E-state index < -0.39 is 11.7 Å². The van der Waals surface area contributed by atoms with Gasteiger partial charge in [-0.3, -0.25) is 4.79 Å². The molecule has 2 aromatic rings. The molecule has 0 aliphatic rings. The van der Waals surface area contributed by atoms with Crippen molar-refractivity contribution in [3.8, 4) is 0 Å². The lowest BCUT2D eigenvalue weighted by molar-refractivity contribution is 0.0987. The minimum Gasteiger partial charge on any atom is -0.307 e. The Morgan fingerprint density at radius 3 is 2.63 bits per heavy atom. The van der Waals surface area contributed by atoms with Gasteiger partial charge < -0.3 is 10.3 Å². The van der Waals surface area contributed by atoms with Crippen LogP contribution >= 0.6 is 0 Å². The van der Waals surface area contributed by atoms with E-state index in [0.29, 0.717) is 5.82 Å². The molecule has 2 rings (SSSR count). The van der Waals surface area contributed by atoms with E-state index in [-0.39, 0.29) is 11.4 Å². The summed E-state index contributed by atoms with van der Waals surface area (Å²) in [5.74, 6) is 4.55. The van der Waals surface area contributed by atoms with Gasteiger partial charge in [0, 0.05) is 7.05 Å². The fourth-order valence-electron chi connectivity index (χ4n) is 1.52. The van der Waals surface area contributed by atoms with Crippen molar-refractivity contribution in [3.63, 3.8) is 0 Å². The van der Waals surface area contributed by atoms with Crippen molar-refractivity contribution < 1.29 is 9.18 Å². The summed E-state index contributed by atoms with van der Waals surface area (Å²) < 4.78 is 13.6. The normalized spacial score (nSPS) is 10.1. The summed E-state index contributed by atoms with van der Waals surface area (Å²) in [4.78, 5) is 21.1. The van der Waals surface area contributed by atoms with E-state index in [1.807, 2.05) is 0 Å². The molecular formula is C12H12FN5O. The average molecular weight is 261 g/mol. The van der Waals surface area contributed by atoms with Crippen molar-refractivity contribution >= 4 is 17.4 Å². The maximum Gasteiger partial charge on any atom is 0.278 e. The van der Waals surface area contributed by atoms with Gasteiger partial charge in [0.1, 0.15) is 11.5 Å². The van der Waals surface area contributed by atoms with Crippen molar-refractivity contribution in [2.45, 2.75) is 0 Å². The molecular weight excluding hydrogens is 249 g/mol. The number of nitrogens with two attached hydrogens (primary N) is 1. The van der Waals surface area contributed by atoms with Crippen LogP contribution in [0.4, 0.5) is 15.9 Å². The molecule has 19 heavy (non-hydrogen) atoms. The molecule has 0 unspecified atom stereocenters. The van der Waals surface area contributed by atoms with E-state index in [9.17, 15) is 9.18 Å². The Morgan fingerprint density at radius 1 is 1.32 bits per heavy atom. The zero-order chi connectivity index (χ0) is 13.8. The van der Waals surface area contributed by atoms with Crippen LogP contribution in [0.1, 0.15) is 10.5 Å². The largest absolute Gasteiger partial charge is 0.307 e. The highest BCUT2D eigenvalue weighted by atomic mass is 19.1. The van der Waals surface area contributed by atoms with Crippen LogP contribution in [0, 0.1) is 5.82 Å². The number of amides is 1. The molecule has 0 atom stereocenters. The number of carbonyl (C=O) groups excluding carboxylic acids is 1. The molecule has 1 aromatic heterocycles. The molecule has 98 valence electrons. The number of hydrogen-bond acceptors (Lipinski definition) is 5. The Balaban J connectivity index is 2.26. The quantitative estimate of drug-likeness (QED) is 0.640. The molecule has 0 radical (unpaired) electrons. The Kier molecular flexibility index (Phi) is 3.67. The standard InChI is InChI=1S/C12H12FN5O/c1-18(10-5-3-2-4-8(10)13)12(19)9-6-16-11(17-14)7-15-9/h2-7H,14H2,1H3,(H,16,17). The van der Waals surface area contributed by atoms with Crippen LogP contribution in [-0.2, 0) is 0 Å². The predicted octanol–water partition coefficient (Wildman–Crippen LogP) is 1.18. The summed E-state index contributed by atoms with van der Waals surface area (Å²) in [6.07, 6.45) is 2.59. The van der Waals surface area contributed by atoms with Crippen molar-refractivity contribution in [3.05, 3.63) is 48.2 Å². The molecule has 1 aromatic carbocycles. The first-order valence-corrected chi connectivity index (χ1v) is 5.44. The van der Waals surface area contributed by atoms with Gasteiger partial charge in [-0.15, -0.1) is 0 Å². The predicted molar refractivity (Wildman–Crippen MR) is 69.0 cm³/mol. The summed E-state index contributed by atoms with van der Waals surface area (Å²) in [6.45, 7) is 0. The monoisotopic (exact) mass is 261 g/mol. The number of anilines is 2. The lowest BCUT2D eigenvalue weighted by atomic mass is 10.2. The Bertz CT molecular complexity index is 587. The van der Waals surface area contributed by atoms with E-state index in [1.54, 1.807) is 12.1 Å². The molecule has 1 amide bonds. The third-order valence-electron chi connectivity index (χ3n) is 2.54. The number of nitrogens with one attached hydrogen (secondary N) is 1. The van der Waals surface area contributed by atoms with Gasteiger partial charge in [-0.05, 0) is 12.1 Å². The molecule has 3 N–H and O–H groups in total. The van der Waals surface area contributed by atoms with Gasteiger partial charge in [-0.25, -0.2) is 20.2 Å². The van der Waals surface area contributed by atoms with E-state index in [1.165, 1.54) is 36.5 Å². The van der Waals surface area contributed by atoms with Crippen LogP contribution in [0.2, 0.25) is 0 Å². The molecule has 7 heteroatoms. The first-order valence-electron chi connectivity index (χ1n) is 5.44. The smallest absolute Gasteiger partial charge is 0.278 e. The maximum absolute atomic E-state index is 13.6. The molecule has 0 fully saturated rings. The summed E-state index contributed by atoms with van der Waals surface area (Å²) in [7, 11) is 1.47. The number of carbonyl (C=O) groups is 1. The Labute approximate surface area is 109 Å². The summed E-state index contributed by atoms with van der Waals surface area (Å²) in [5.41, 5.74) is 2.58. The van der Waals surface area contributed by atoms with Crippen LogP contribution in [0.15, 0.2) is 36.7 Å².